The Hall–Kier alpha value is -1.36. The molecule has 20 heavy (non-hydrogen) atoms. The summed E-state index contributed by atoms with van der Waals surface area (Å²) in [6.07, 6.45) is 4.37. The highest BCUT2D eigenvalue weighted by atomic mass is 32.2. The van der Waals surface area contributed by atoms with Gasteiger partial charge >= 0.3 is 0 Å². The zero-order valence-corrected chi connectivity index (χ0v) is 13.0. The molecule has 4 nitrogen and oxygen atoms in total. The molecule has 0 radical (unpaired) electrons. The van der Waals surface area contributed by atoms with Gasteiger partial charge < -0.3 is 4.90 Å². The molecule has 0 saturated carbocycles. The quantitative estimate of drug-likeness (QED) is 0.842. The summed E-state index contributed by atoms with van der Waals surface area (Å²) in [5.41, 5.74) is 0.554. The average Bonchev–Trinajstić information content (AvgIpc) is 2.37. The zero-order valence-electron chi connectivity index (χ0n) is 12.2. The van der Waals surface area contributed by atoms with Gasteiger partial charge in [0.25, 0.3) is 5.91 Å². The molecule has 5 heteroatoms. The van der Waals surface area contributed by atoms with Gasteiger partial charge in [-0.3, -0.25) is 4.79 Å². The monoisotopic (exact) mass is 295 g/mol. The Bertz CT molecular complexity index is 582. The van der Waals surface area contributed by atoms with Gasteiger partial charge in [-0.25, -0.2) is 8.42 Å². The van der Waals surface area contributed by atoms with E-state index in [1.807, 2.05) is 4.90 Å². The van der Waals surface area contributed by atoms with Crippen LogP contribution in [0.25, 0.3) is 0 Å². The van der Waals surface area contributed by atoms with Crippen LogP contribution < -0.4 is 0 Å². The van der Waals surface area contributed by atoms with Crippen molar-refractivity contribution in [3.05, 3.63) is 29.8 Å². The molecule has 2 rings (SSSR count). The molecule has 1 heterocycles. The number of amides is 1. The summed E-state index contributed by atoms with van der Waals surface area (Å²) in [6.45, 7) is 4.14. The molecule has 2 atom stereocenters. The van der Waals surface area contributed by atoms with Gasteiger partial charge in [0.15, 0.2) is 9.84 Å². The molecule has 110 valence electrons. The molecule has 2 unspecified atom stereocenters. The summed E-state index contributed by atoms with van der Waals surface area (Å²) in [6, 6.07) is 6.69. The van der Waals surface area contributed by atoms with Gasteiger partial charge in [0.1, 0.15) is 0 Å². The van der Waals surface area contributed by atoms with E-state index in [-0.39, 0.29) is 22.9 Å². The first-order valence-corrected chi connectivity index (χ1v) is 8.82. The van der Waals surface area contributed by atoms with Crippen LogP contribution in [0.3, 0.4) is 0 Å². The number of benzene rings is 1. The molecular formula is C15H21NO3S. The van der Waals surface area contributed by atoms with Crippen molar-refractivity contribution >= 4 is 15.7 Å². The lowest BCUT2D eigenvalue weighted by Crippen LogP contribution is -2.47. The van der Waals surface area contributed by atoms with Crippen LogP contribution in [0, 0.1) is 0 Å². The van der Waals surface area contributed by atoms with Crippen molar-refractivity contribution in [3.8, 4) is 0 Å². The first kappa shape index (κ1) is 15.0. The molecule has 1 amide bonds. The molecule has 1 saturated heterocycles. The molecule has 0 N–H and O–H groups in total. The highest BCUT2D eigenvalue weighted by Gasteiger charge is 2.29. The van der Waals surface area contributed by atoms with E-state index in [1.54, 1.807) is 12.1 Å². The number of carbonyl (C=O) groups is 1. The van der Waals surface area contributed by atoms with Crippen LogP contribution in [0.2, 0.25) is 0 Å². The zero-order chi connectivity index (χ0) is 14.9. The Labute approximate surface area is 120 Å². The standard InChI is InChI=1S/C15H21NO3S/c1-11-5-4-6-12(2)16(11)15(17)13-7-9-14(10-8-13)20(3,18)19/h7-12H,4-6H2,1-3H3. The molecule has 1 aromatic carbocycles. The highest BCUT2D eigenvalue weighted by molar-refractivity contribution is 7.90. The molecular weight excluding hydrogens is 274 g/mol. The Morgan fingerprint density at radius 1 is 1.10 bits per heavy atom. The van der Waals surface area contributed by atoms with Crippen molar-refractivity contribution in [3.63, 3.8) is 0 Å². The van der Waals surface area contributed by atoms with Gasteiger partial charge in [0.2, 0.25) is 0 Å². The smallest absolute Gasteiger partial charge is 0.254 e. The molecule has 0 spiro atoms. The minimum atomic E-state index is -3.22. The first-order chi connectivity index (χ1) is 9.30. The topological polar surface area (TPSA) is 54.5 Å². The Morgan fingerprint density at radius 3 is 2.05 bits per heavy atom. The fraction of sp³-hybridized carbons (Fsp3) is 0.533. The van der Waals surface area contributed by atoms with Crippen molar-refractivity contribution in [2.45, 2.75) is 50.1 Å². The predicted molar refractivity (Wildman–Crippen MR) is 78.5 cm³/mol. The van der Waals surface area contributed by atoms with Crippen LogP contribution in [0.15, 0.2) is 29.2 Å². The summed E-state index contributed by atoms with van der Waals surface area (Å²) in [7, 11) is -3.22. The number of rotatable bonds is 2. The maximum atomic E-state index is 12.6. The lowest BCUT2D eigenvalue weighted by atomic mass is 9.96. The number of nitrogens with zero attached hydrogens (tertiary/aromatic N) is 1. The first-order valence-electron chi connectivity index (χ1n) is 6.93. The number of carbonyl (C=O) groups excluding carboxylic acids is 1. The van der Waals surface area contributed by atoms with Gasteiger partial charge in [-0.15, -0.1) is 0 Å². The number of sulfone groups is 1. The SMILES string of the molecule is CC1CCCC(C)N1C(=O)c1ccc(S(C)(=O)=O)cc1. The fourth-order valence-electron chi connectivity index (χ4n) is 2.82. The van der Waals surface area contributed by atoms with Crippen LogP contribution in [0.1, 0.15) is 43.5 Å². The van der Waals surface area contributed by atoms with Crippen LogP contribution in [-0.2, 0) is 9.84 Å². The van der Waals surface area contributed by atoms with E-state index in [0.717, 1.165) is 19.3 Å². The van der Waals surface area contributed by atoms with Gasteiger partial charge in [0, 0.05) is 23.9 Å². The normalized spacial score (nSPS) is 23.6. The average molecular weight is 295 g/mol. The maximum absolute atomic E-state index is 12.6. The third kappa shape index (κ3) is 3.03. The minimum Gasteiger partial charge on any atom is -0.333 e. The summed E-state index contributed by atoms with van der Waals surface area (Å²) >= 11 is 0. The molecule has 1 aliphatic rings. The van der Waals surface area contributed by atoms with Crippen molar-refractivity contribution in [2.24, 2.45) is 0 Å². The van der Waals surface area contributed by atoms with Crippen LogP contribution in [0.5, 0.6) is 0 Å². The molecule has 1 aromatic rings. The lowest BCUT2D eigenvalue weighted by molar-refractivity contribution is 0.0510. The van der Waals surface area contributed by atoms with Gasteiger partial charge in [-0.05, 0) is 57.4 Å². The van der Waals surface area contributed by atoms with E-state index in [9.17, 15) is 13.2 Å². The van der Waals surface area contributed by atoms with Crippen LogP contribution >= 0.6 is 0 Å². The van der Waals surface area contributed by atoms with Crippen LogP contribution in [0.4, 0.5) is 0 Å². The largest absolute Gasteiger partial charge is 0.333 e. The molecule has 1 aliphatic heterocycles. The van der Waals surface area contributed by atoms with E-state index in [0.29, 0.717) is 5.56 Å². The lowest BCUT2D eigenvalue weighted by Gasteiger charge is -2.39. The maximum Gasteiger partial charge on any atom is 0.254 e. The molecule has 0 aliphatic carbocycles. The summed E-state index contributed by atoms with van der Waals surface area (Å²) in [5, 5.41) is 0. The number of likely N-dealkylation sites (tertiary alicyclic amines) is 1. The van der Waals surface area contributed by atoms with Crippen molar-refractivity contribution < 1.29 is 13.2 Å². The van der Waals surface area contributed by atoms with Crippen molar-refractivity contribution in [1.82, 2.24) is 4.90 Å². The van der Waals surface area contributed by atoms with Crippen molar-refractivity contribution in [1.29, 1.82) is 0 Å². The number of piperidine rings is 1. The van der Waals surface area contributed by atoms with E-state index in [1.165, 1.54) is 18.4 Å². The Balaban J connectivity index is 2.25. The Kier molecular flexibility index (Phi) is 4.18. The molecule has 1 fully saturated rings. The van der Waals surface area contributed by atoms with Gasteiger partial charge in [-0.2, -0.15) is 0 Å². The third-order valence-electron chi connectivity index (χ3n) is 3.96. The van der Waals surface area contributed by atoms with Crippen LogP contribution in [-0.4, -0.2) is 37.6 Å². The fourth-order valence-corrected chi connectivity index (χ4v) is 3.45. The highest BCUT2D eigenvalue weighted by Crippen LogP contribution is 2.25. The third-order valence-corrected chi connectivity index (χ3v) is 5.09. The van der Waals surface area contributed by atoms with Gasteiger partial charge in [-0.1, -0.05) is 0 Å². The second-order valence-corrected chi connectivity index (χ2v) is 7.65. The number of hydrogen-bond acceptors (Lipinski definition) is 3. The van der Waals surface area contributed by atoms with E-state index in [4.69, 9.17) is 0 Å². The second-order valence-electron chi connectivity index (χ2n) is 5.64. The predicted octanol–water partition coefficient (Wildman–Crippen LogP) is 2.49. The Morgan fingerprint density at radius 2 is 1.60 bits per heavy atom. The summed E-state index contributed by atoms with van der Waals surface area (Å²) in [4.78, 5) is 14.7. The van der Waals surface area contributed by atoms with Gasteiger partial charge in [0.05, 0.1) is 4.90 Å². The second kappa shape index (κ2) is 5.56. The number of hydrogen-bond donors (Lipinski definition) is 0. The molecule has 0 aromatic heterocycles. The van der Waals surface area contributed by atoms with Crippen molar-refractivity contribution in [2.75, 3.05) is 6.26 Å². The summed E-state index contributed by atoms with van der Waals surface area (Å²) in [5.74, 6) is -0.00949. The molecule has 0 bridgehead atoms. The van der Waals surface area contributed by atoms with E-state index < -0.39 is 9.84 Å². The summed E-state index contributed by atoms with van der Waals surface area (Å²) < 4.78 is 22.8. The van der Waals surface area contributed by atoms with E-state index >= 15 is 0 Å². The van der Waals surface area contributed by atoms with E-state index in [2.05, 4.69) is 13.8 Å². The minimum absolute atomic E-state index is 0.00949.